The Morgan fingerprint density at radius 2 is 1.93 bits per heavy atom. The maximum absolute atomic E-state index is 4.49. The highest BCUT2D eigenvalue weighted by Gasteiger charge is 2.27. The van der Waals surface area contributed by atoms with Crippen LogP contribution in [0.25, 0.3) is 0 Å². The Morgan fingerprint density at radius 3 is 2.43 bits per heavy atom. The third-order valence-electron chi connectivity index (χ3n) is 2.62. The fraction of sp³-hybridized carbons (Fsp3) is 0.545. The molecule has 14 heavy (non-hydrogen) atoms. The second-order valence-corrected chi connectivity index (χ2v) is 5.68. The third-order valence-corrected chi connectivity index (χ3v) is 3.89. The van der Waals surface area contributed by atoms with Crippen molar-refractivity contribution in [2.75, 3.05) is 0 Å². The van der Waals surface area contributed by atoms with E-state index in [-0.39, 0.29) is 0 Å². The summed E-state index contributed by atoms with van der Waals surface area (Å²) in [5.41, 5.74) is 2.70. The molecule has 0 amide bonds. The van der Waals surface area contributed by atoms with E-state index in [1.54, 1.807) is 0 Å². The molecule has 1 aliphatic carbocycles. The second-order valence-electron chi connectivity index (χ2n) is 4.18. The van der Waals surface area contributed by atoms with Crippen LogP contribution >= 0.6 is 31.9 Å². The van der Waals surface area contributed by atoms with Gasteiger partial charge in [-0.3, -0.25) is 0 Å². The minimum Gasteiger partial charge on any atom is -0.233 e. The minimum absolute atomic E-state index is 0.530. The third kappa shape index (κ3) is 2.03. The molecule has 0 bridgehead atoms. The monoisotopic (exact) mass is 317 g/mol. The molecule has 76 valence electrons. The molecule has 1 aromatic rings. The van der Waals surface area contributed by atoms with Crippen molar-refractivity contribution in [1.82, 2.24) is 4.98 Å². The second kappa shape index (κ2) is 3.93. The SMILES string of the molecule is CC(C)c1cc(C2CC2)c(Br)nc1Br. The summed E-state index contributed by atoms with van der Waals surface area (Å²) in [4.78, 5) is 4.49. The van der Waals surface area contributed by atoms with Crippen LogP contribution in [0.4, 0.5) is 0 Å². The Labute approximate surface area is 102 Å². The van der Waals surface area contributed by atoms with Crippen LogP contribution in [0.1, 0.15) is 49.7 Å². The van der Waals surface area contributed by atoms with Gasteiger partial charge in [0.05, 0.1) is 0 Å². The molecule has 0 saturated heterocycles. The van der Waals surface area contributed by atoms with Crippen LogP contribution in [0, 0.1) is 0 Å². The van der Waals surface area contributed by atoms with Gasteiger partial charge >= 0.3 is 0 Å². The molecule has 0 unspecified atom stereocenters. The fourth-order valence-electron chi connectivity index (χ4n) is 1.59. The normalized spacial score (nSPS) is 16.4. The lowest BCUT2D eigenvalue weighted by Gasteiger charge is -2.11. The van der Waals surface area contributed by atoms with E-state index in [4.69, 9.17) is 0 Å². The summed E-state index contributed by atoms with van der Waals surface area (Å²) in [6.45, 7) is 4.40. The van der Waals surface area contributed by atoms with Gasteiger partial charge in [0.1, 0.15) is 9.21 Å². The van der Waals surface area contributed by atoms with Crippen molar-refractivity contribution < 1.29 is 0 Å². The summed E-state index contributed by atoms with van der Waals surface area (Å²) >= 11 is 7.04. The van der Waals surface area contributed by atoms with Gasteiger partial charge in [-0.05, 0) is 73.7 Å². The van der Waals surface area contributed by atoms with Crippen molar-refractivity contribution in [3.63, 3.8) is 0 Å². The zero-order chi connectivity index (χ0) is 10.3. The summed E-state index contributed by atoms with van der Waals surface area (Å²) in [6, 6.07) is 2.30. The van der Waals surface area contributed by atoms with Crippen LogP contribution in [0.5, 0.6) is 0 Å². The predicted octanol–water partition coefficient (Wildman–Crippen LogP) is 4.61. The first-order valence-electron chi connectivity index (χ1n) is 4.95. The Balaban J connectivity index is 2.45. The van der Waals surface area contributed by atoms with E-state index in [1.807, 2.05) is 0 Å². The molecule has 1 aliphatic rings. The molecule has 0 aromatic carbocycles. The number of hydrogen-bond acceptors (Lipinski definition) is 1. The first kappa shape index (κ1) is 10.6. The molecule has 0 atom stereocenters. The van der Waals surface area contributed by atoms with Crippen molar-refractivity contribution in [3.8, 4) is 0 Å². The molecule has 1 fully saturated rings. The zero-order valence-electron chi connectivity index (χ0n) is 8.35. The molecule has 3 heteroatoms. The van der Waals surface area contributed by atoms with Gasteiger partial charge in [-0.2, -0.15) is 0 Å². The molecular weight excluding hydrogens is 306 g/mol. The van der Waals surface area contributed by atoms with Crippen molar-refractivity contribution in [3.05, 3.63) is 26.4 Å². The summed E-state index contributed by atoms with van der Waals surface area (Å²) in [5, 5.41) is 0. The molecule has 1 nitrogen and oxygen atoms in total. The van der Waals surface area contributed by atoms with Crippen molar-refractivity contribution in [2.24, 2.45) is 0 Å². The summed E-state index contributed by atoms with van der Waals surface area (Å²) in [5.74, 6) is 1.28. The lowest BCUT2D eigenvalue weighted by molar-refractivity contribution is 0.838. The molecule has 0 spiro atoms. The van der Waals surface area contributed by atoms with E-state index in [1.165, 1.54) is 24.0 Å². The van der Waals surface area contributed by atoms with Gasteiger partial charge < -0.3 is 0 Å². The maximum Gasteiger partial charge on any atom is 0.110 e. The Hall–Kier alpha value is 0.110. The van der Waals surface area contributed by atoms with Gasteiger partial charge in [-0.25, -0.2) is 4.98 Å². The van der Waals surface area contributed by atoms with Crippen LogP contribution in [0.3, 0.4) is 0 Å². The van der Waals surface area contributed by atoms with Gasteiger partial charge in [-0.1, -0.05) is 13.8 Å². The molecule has 2 rings (SSSR count). The summed E-state index contributed by atoms with van der Waals surface area (Å²) in [7, 11) is 0. The first-order chi connectivity index (χ1) is 6.59. The van der Waals surface area contributed by atoms with Crippen LogP contribution < -0.4 is 0 Å². The molecular formula is C11H13Br2N. The molecule has 1 saturated carbocycles. The number of pyridine rings is 1. The average molecular weight is 319 g/mol. The smallest absolute Gasteiger partial charge is 0.110 e. The van der Waals surface area contributed by atoms with Gasteiger partial charge in [0, 0.05) is 0 Å². The molecule has 1 heterocycles. The zero-order valence-corrected chi connectivity index (χ0v) is 11.5. The van der Waals surface area contributed by atoms with E-state index < -0.39 is 0 Å². The van der Waals surface area contributed by atoms with Crippen LogP contribution in [0.2, 0.25) is 0 Å². The molecule has 0 N–H and O–H groups in total. The summed E-state index contributed by atoms with van der Waals surface area (Å²) in [6.07, 6.45) is 2.64. The number of nitrogens with zero attached hydrogens (tertiary/aromatic N) is 1. The Morgan fingerprint density at radius 1 is 1.29 bits per heavy atom. The fourth-order valence-corrected chi connectivity index (χ4v) is 3.19. The molecule has 1 aromatic heterocycles. The van der Waals surface area contributed by atoms with Gasteiger partial charge in [0.2, 0.25) is 0 Å². The highest BCUT2D eigenvalue weighted by Crippen LogP contribution is 2.44. The van der Waals surface area contributed by atoms with Crippen LogP contribution in [0.15, 0.2) is 15.3 Å². The van der Waals surface area contributed by atoms with Gasteiger partial charge in [0.25, 0.3) is 0 Å². The van der Waals surface area contributed by atoms with Crippen LogP contribution in [-0.2, 0) is 0 Å². The largest absolute Gasteiger partial charge is 0.233 e. The van der Waals surface area contributed by atoms with E-state index in [0.29, 0.717) is 5.92 Å². The highest BCUT2D eigenvalue weighted by atomic mass is 79.9. The standard InChI is InChI=1S/C11H13Br2N/c1-6(2)8-5-9(7-3-4-7)11(13)14-10(8)12/h5-7H,3-4H2,1-2H3. The topological polar surface area (TPSA) is 12.9 Å². The van der Waals surface area contributed by atoms with Crippen LogP contribution in [-0.4, -0.2) is 4.98 Å². The first-order valence-corrected chi connectivity index (χ1v) is 6.54. The van der Waals surface area contributed by atoms with Gasteiger partial charge in [-0.15, -0.1) is 0 Å². The Kier molecular flexibility index (Phi) is 2.98. The van der Waals surface area contributed by atoms with Crippen molar-refractivity contribution in [1.29, 1.82) is 0 Å². The number of rotatable bonds is 2. The summed E-state index contributed by atoms with van der Waals surface area (Å²) < 4.78 is 1.99. The quantitative estimate of drug-likeness (QED) is 0.726. The van der Waals surface area contributed by atoms with E-state index in [0.717, 1.165) is 15.1 Å². The lowest BCUT2D eigenvalue weighted by Crippen LogP contribution is -1.96. The predicted molar refractivity (Wildman–Crippen MR) is 65.7 cm³/mol. The minimum atomic E-state index is 0.530. The van der Waals surface area contributed by atoms with Crippen molar-refractivity contribution >= 4 is 31.9 Å². The average Bonchev–Trinajstić information content (AvgIpc) is 2.86. The Bertz CT molecular complexity index is 333. The number of hydrogen-bond donors (Lipinski definition) is 0. The highest BCUT2D eigenvalue weighted by molar-refractivity contribution is 9.11. The van der Waals surface area contributed by atoms with E-state index >= 15 is 0 Å². The van der Waals surface area contributed by atoms with E-state index in [2.05, 4.69) is 56.8 Å². The lowest BCUT2D eigenvalue weighted by atomic mass is 10.0. The number of aromatic nitrogens is 1. The number of halogens is 2. The molecule has 0 radical (unpaired) electrons. The van der Waals surface area contributed by atoms with Crippen molar-refractivity contribution in [2.45, 2.75) is 38.5 Å². The van der Waals surface area contributed by atoms with Gasteiger partial charge in [0.15, 0.2) is 0 Å². The maximum atomic E-state index is 4.49. The molecule has 0 aliphatic heterocycles. The van der Waals surface area contributed by atoms with E-state index in [9.17, 15) is 0 Å².